The van der Waals surface area contributed by atoms with Crippen molar-refractivity contribution in [1.82, 2.24) is 15.5 Å². The van der Waals surface area contributed by atoms with Crippen LogP contribution in [0.15, 0.2) is 0 Å². The number of piperazine rings is 1. The average molecular weight is 235 g/mol. The van der Waals surface area contributed by atoms with Gasteiger partial charge in [-0.1, -0.05) is 0 Å². The van der Waals surface area contributed by atoms with Gasteiger partial charge in [-0.25, -0.2) is 0 Å². The number of rotatable bonds is 2. The van der Waals surface area contributed by atoms with Gasteiger partial charge in [0.15, 0.2) is 5.82 Å². The van der Waals surface area contributed by atoms with Gasteiger partial charge in [0.25, 0.3) is 5.91 Å². The Morgan fingerprint density at radius 2 is 1.94 bits per heavy atom. The number of nitrogens with one attached hydrogen (secondary N) is 1. The Kier molecular flexibility index (Phi) is 3.23. The highest BCUT2D eigenvalue weighted by molar-refractivity contribution is 5.99. The van der Waals surface area contributed by atoms with Crippen LogP contribution in [-0.2, 0) is 0 Å². The lowest BCUT2D eigenvalue weighted by molar-refractivity contribution is 0.0999. The molecular formula is C11H17N5O. The minimum absolute atomic E-state index is 0.436. The summed E-state index contributed by atoms with van der Waals surface area (Å²) in [6.07, 6.45) is 0. The van der Waals surface area contributed by atoms with Crippen molar-refractivity contribution in [2.24, 2.45) is 5.73 Å². The molecule has 1 aliphatic heterocycles. The third kappa shape index (κ3) is 2.21. The highest BCUT2D eigenvalue weighted by Crippen LogP contribution is 2.21. The number of carbonyl (C=O) groups is 1. The molecule has 1 aromatic rings. The molecule has 0 unspecified atom stereocenters. The first kappa shape index (κ1) is 11.8. The Bertz CT molecular complexity index is 440. The lowest BCUT2D eigenvalue weighted by Gasteiger charge is -2.29. The average Bonchev–Trinajstić information content (AvgIpc) is 2.33. The van der Waals surface area contributed by atoms with E-state index in [1.165, 1.54) is 0 Å². The van der Waals surface area contributed by atoms with E-state index in [-0.39, 0.29) is 0 Å². The van der Waals surface area contributed by atoms with Crippen LogP contribution in [0.5, 0.6) is 0 Å². The fourth-order valence-corrected chi connectivity index (χ4v) is 1.99. The van der Waals surface area contributed by atoms with Crippen molar-refractivity contribution in [3.63, 3.8) is 0 Å². The van der Waals surface area contributed by atoms with Crippen molar-refractivity contribution in [3.8, 4) is 0 Å². The van der Waals surface area contributed by atoms with Gasteiger partial charge >= 0.3 is 0 Å². The third-order valence-corrected chi connectivity index (χ3v) is 3.10. The van der Waals surface area contributed by atoms with Gasteiger partial charge in [0.2, 0.25) is 0 Å². The first-order valence-electron chi connectivity index (χ1n) is 5.70. The largest absolute Gasteiger partial charge is 0.365 e. The standard InChI is InChI=1S/C11H17N5O/c1-7-8(2)14-15-11(9(7)10(12)17)16-5-3-13-4-6-16/h13H,3-6H2,1-2H3,(H2,12,17). The summed E-state index contributed by atoms with van der Waals surface area (Å²) in [4.78, 5) is 13.6. The second-order valence-electron chi connectivity index (χ2n) is 4.21. The minimum Gasteiger partial charge on any atom is -0.365 e. The number of aromatic nitrogens is 2. The van der Waals surface area contributed by atoms with E-state index in [9.17, 15) is 4.79 Å². The Morgan fingerprint density at radius 3 is 2.53 bits per heavy atom. The topological polar surface area (TPSA) is 84.1 Å². The first-order chi connectivity index (χ1) is 8.11. The maximum atomic E-state index is 11.5. The third-order valence-electron chi connectivity index (χ3n) is 3.10. The number of hydrogen-bond acceptors (Lipinski definition) is 5. The van der Waals surface area contributed by atoms with Crippen LogP contribution in [0, 0.1) is 13.8 Å². The maximum Gasteiger partial charge on any atom is 0.252 e. The second-order valence-corrected chi connectivity index (χ2v) is 4.21. The predicted octanol–water partition coefficient (Wildman–Crippen LogP) is -0.398. The van der Waals surface area contributed by atoms with Crippen LogP contribution in [0.4, 0.5) is 5.82 Å². The van der Waals surface area contributed by atoms with Crippen LogP contribution in [-0.4, -0.2) is 42.3 Å². The first-order valence-corrected chi connectivity index (χ1v) is 5.70. The van der Waals surface area contributed by atoms with Crippen molar-refractivity contribution in [2.75, 3.05) is 31.1 Å². The molecule has 0 radical (unpaired) electrons. The zero-order valence-electron chi connectivity index (χ0n) is 10.2. The lowest BCUT2D eigenvalue weighted by atomic mass is 10.1. The summed E-state index contributed by atoms with van der Waals surface area (Å²) in [5.74, 6) is 0.177. The van der Waals surface area contributed by atoms with E-state index in [2.05, 4.69) is 20.4 Å². The van der Waals surface area contributed by atoms with Gasteiger partial charge < -0.3 is 16.0 Å². The molecule has 0 saturated carbocycles. The molecule has 0 aromatic carbocycles. The van der Waals surface area contributed by atoms with Gasteiger partial charge in [-0.15, -0.1) is 5.10 Å². The van der Waals surface area contributed by atoms with Gasteiger partial charge in [-0.3, -0.25) is 4.79 Å². The fraction of sp³-hybridized carbons (Fsp3) is 0.545. The number of amides is 1. The minimum atomic E-state index is -0.436. The van der Waals surface area contributed by atoms with E-state index >= 15 is 0 Å². The zero-order valence-corrected chi connectivity index (χ0v) is 10.2. The molecule has 0 spiro atoms. The molecule has 3 N–H and O–H groups in total. The van der Waals surface area contributed by atoms with E-state index < -0.39 is 5.91 Å². The molecule has 6 heteroatoms. The molecule has 1 fully saturated rings. The van der Waals surface area contributed by atoms with Crippen LogP contribution >= 0.6 is 0 Å². The summed E-state index contributed by atoms with van der Waals surface area (Å²) in [5.41, 5.74) is 7.51. The second kappa shape index (κ2) is 4.67. The van der Waals surface area contributed by atoms with Crippen LogP contribution in [0.1, 0.15) is 21.6 Å². The number of nitrogens with two attached hydrogens (primary N) is 1. The van der Waals surface area contributed by atoms with Crippen LogP contribution < -0.4 is 16.0 Å². The number of aryl methyl sites for hydroxylation is 1. The van der Waals surface area contributed by atoms with E-state index in [1.807, 2.05) is 13.8 Å². The SMILES string of the molecule is Cc1nnc(N2CCNCC2)c(C(N)=O)c1C. The van der Waals surface area contributed by atoms with Gasteiger partial charge in [0.05, 0.1) is 11.3 Å². The molecule has 1 aliphatic rings. The molecular weight excluding hydrogens is 218 g/mol. The number of anilines is 1. The molecule has 6 nitrogen and oxygen atoms in total. The van der Waals surface area contributed by atoms with Gasteiger partial charge in [0, 0.05) is 26.2 Å². The van der Waals surface area contributed by atoms with E-state index in [0.717, 1.165) is 37.4 Å². The van der Waals surface area contributed by atoms with Gasteiger partial charge in [0.1, 0.15) is 0 Å². The summed E-state index contributed by atoms with van der Waals surface area (Å²) in [6, 6.07) is 0. The van der Waals surface area contributed by atoms with E-state index in [1.54, 1.807) is 0 Å². The maximum absolute atomic E-state index is 11.5. The van der Waals surface area contributed by atoms with Crippen molar-refractivity contribution >= 4 is 11.7 Å². The summed E-state index contributed by atoms with van der Waals surface area (Å²) >= 11 is 0. The smallest absolute Gasteiger partial charge is 0.252 e. The monoisotopic (exact) mass is 235 g/mol. The highest BCUT2D eigenvalue weighted by atomic mass is 16.1. The summed E-state index contributed by atoms with van der Waals surface area (Å²) in [7, 11) is 0. The van der Waals surface area contributed by atoms with Gasteiger partial charge in [-0.05, 0) is 19.4 Å². The lowest BCUT2D eigenvalue weighted by Crippen LogP contribution is -2.45. The molecule has 0 bridgehead atoms. The Labute approximate surface area is 100 Å². The fourth-order valence-electron chi connectivity index (χ4n) is 1.99. The molecule has 1 aromatic heterocycles. The molecule has 1 amide bonds. The quantitative estimate of drug-likeness (QED) is 0.729. The number of hydrogen-bond donors (Lipinski definition) is 2. The Hall–Kier alpha value is -1.69. The van der Waals surface area contributed by atoms with E-state index in [4.69, 9.17) is 5.73 Å². The number of nitrogens with zero attached hydrogens (tertiary/aromatic N) is 3. The molecule has 2 heterocycles. The molecule has 0 aliphatic carbocycles. The molecule has 1 saturated heterocycles. The summed E-state index contributed by atoms with van der Waals surface area (Å²) in [5, 5.41) is 11.5. The molecule has 0 atom stereocenters. The Morgan fingerprint density at radius 1 is 1.29 bits per heavy atom. The van der Waals surface area contributed by atoms with Crippen LogP contribution in [0.3, 0.4) is 0 Å². The number of primary amides is 1. The van der Waals surface area contributed by atoms with Gasteiger partial charge in [-0.2, -0.15) is 5.10 Å². The van der Waals surface area contributed by atoms with Crippen molar-refractivity contribution < 1.29 is 4.79 Å². The Balaban J connectivity index is 2.45. The van der Waals surface area contributed by atoms with Crippen LogP contribution in [0.2, 0.25) is 0 Å². The van der Waals surface area contributed by atoms with Crippen LogP contribution in [0.25, 0.3) is 0 Å². The zero-order chi connectivity index (χ0) is 12.4. The van der Waals surface area contributed by atoms with Crippen molar-refractivity contribution in [3.05, 3.63) is 16.8 Å². The summed E-state index contributed by atoms with van der Waals surface area (Å²) in [6.45, 7) is 7.08. The predicted molar refractivity (Wildman–Crippen MR) is 65.1 cm³/mol. The molecule has 17 heavy (non-hydrogen) atoms. The van der Waals surface area contributed by atoms with Crippen molar-refractivity contribution in [1.29, 1.82) is 0 Å². The summed E-state index contributed by atoms with van der Waals surface area (Å²) < 4.78 is 0. The highest BCUT2D eigenvalue weighted by Gasteiger charge is 2.21. The molecule has 2 rings (SSSR count). The van der Waals surface area contributed by atoms with E-state index in [0.29, 0.717) is 11.4 Å². The molecule has 92 valence electrons. The normalized spacial score (nSPS) is 16.0. The van der Waals surface area contributed by atoms with Crippen molar-refractivity contribution in [2.45, 2.75) is 13.8 Å². The number of carbonyl (C=O) groups excluding carboxylic acids is 1.